The van der Waals surface area contributed by atoms with Crippen LogP contribution in [-0.4, -0.2) is 51.4 Å². The van der Waals surface area contributed by atoms with E-state index in [-0.39, 0.29) is 30.9 Å². The summed E-state index contributed by atoms with van der Waals surface area (Å²) in [5.41, 5.74) is 2.33. The molecule has 0 spiro atoms. The predicted molar refractivity (Wildman–Crippen MR) is 110 cm³/mol. The average molecular weight is 412 g/mol. The number of hydrogen-bond donors (Lipinski definition) is 1. The van der Waals surface area contributed by atoms with Crippen molar-refractivity contribution in [1.82, 2.24) is 14.8 Å². The Balaban J connectivity index is 1.73. The summed E-state index contributed by atoms with van der Waals surface area (Å²) in [5.74, 6) is -0.509. The van der Waals surface area contributed by atoms with Gasteiger partial charge in [0.15, 0.2) is 0 Å². The number of halogens is 1. The second-order valence-corrected chi connectivity index (χ2v) is 7.86. The van der Waals surface area contributed by atoms with Gasteiger partial charge in [-0.15, -0.1) is 0 Å². The van der Waals surface area contributed by atoms with Crippen molar-refractivity contribution in [2.24, 2.45) is 5.92 Å². The number of aromatic nitrogens is 1. The standard InChI is InChI=1S/C22H22ClN3O3/c23-18-5-3-17(4-6-18)19-20(25-11-1-2-16(12-25)14-27)22(29)26(21(19)28)13-15-7-9-24-10-8-15/h3-10,16,27H,1-2,11-14H2. The van der Waals surface area contributed by atoms with E-state index < -0.39 is 0 Å². The molecule has 1 aromatic carbocycles. The van der Waals surface area contributed by atoms with E-state index in [0.717, 1.165) is 18.4 Å². The normalized spacial score (nSPS) is 20.0. The zero-order chi connectivity index (χ0) is 20.4. The molecule has 1 N–H and O–H groups in total. The number of imide groups is 1. The smallest absolute Gasteiger partial charge is 0.278 e. The van der Waals surface area contributed by atoms with E-state index >= 15 is 0 Å². The Kier molecular flexibility index (Phi) is 5.65. The van der Waals surface area contributed by atoms with Crippen molar-refractivity contribution in [3.05, 3.63) is 70.6 Å². The molecule has 29 heavy (non-hydrogen) atoms. The van der Waals surface area contributed by atoms with Gasteiger partial charge >= 0.3 is 0 Å². The first kappa shape index (κ1) is 19.6. The Morgan fingerprint density at radius 1 is 1.07 bits per heavy atom. The highest BCUT2D eigenvalue weighted by molar-refractivity contribution is 6.35. The summed E-state index contributed by atoms with van der Waals surface area (Å²) >= 11 is 6.02. The molecule has 1 fully saturated rings. The number of aliphatic hydroxyl groups is 1. The lowest BCUT2D eigenvalue weighted by Crippen LogP contribution is -2.40. The van der Waals surface area contributed by atoms with Gasteiger partial charge in [-0.05, 0) is 54.2 Å². The topological polar surface area (TPSA) is 73.7 Å². The van der Waals surface area contributed by atoms with E-state index in [1.165, 1.54) is 4.90 Å². The predicted octanol–water partition coefficient (Wildman–Crippen LogP) is 2.72. The Morgan fingerprint density at radius 3 is 2.48 bits per heavy atom. The lowest BCUT2D eigenvalue weighted by molar-refractivity contribution is -0.138. The molecule has 1 aromatic heterocycles. The largest absolute Gasteiger partial charge is 0.396 e. The molecule has 0 bridgehead atoms. The molecule has 3 heterocycles. The van der Waals surface area contributed by atoms with Crippen molar-refractivity contribution in [2.45, 2.75) is 19.4 Å². The molecular formula is C22H22ClN3O3. The summed E-state index contributed by atoms with van der Waals surface area (Å²) < 4.78 is 0. The van der Waals surface area contributed by atoms with Gasteiger partial charge in [0, 0.05) is 37.1 Å². The third-order valence-electron chi connectivity index (χ3n) is 5.46. The van der Waals surface area contributed by atoms with Gasteiger partial charge in [0.2, 0.25) is 0 Å². The number of carbonyl (C=O) groups excluding carboxylic acids is 2. The lowest BCUT2D eigenvalue weighted by Gasteiger charge is -2.34. The van der Waals surface area contributed by atoms with E-state index in [2.05, 4.69) is 4.98 Å². The van der Waals surface area contributed by atoms with Gasteiger partial charge in [0.25, 0.3) is 11.8 Å². The van der Waals surface area contributed by atoms with E-state index in [1.54, 1.807) is 48.8 Å². The van der Waals surface area contributed by atoms with Crippen LogP contribution < -0.4 is 0 Å². The molecule has 2 amide bonds. The summed E-state index contributed by atoms with van der Waals surface area (Å²) in [7, 11) is 0. The van der Waals surface area contributed by atoms with Gasteiger partial charge in [0.05, 0.1) is 12.1 Å². The minimum atomic E-state index is -0.310. The number of carbonyl (C=O) groups is 2. The van der Waals surface area contributed by atoms with Gasteiger partial charge in [-0.2, -0.15) is 0 Å². The maximum atomic E-state index is 13.4. The molecule has 0 saturated carbocycles. The molecule has 150 valence electrons. The quantitative estimate of drug-likeness (QED) is 0.766. The van der Waals surface area contributed by atoms with Crippen LogP contribution in [0.2, 0.25) is 5.02 Å². The summed E-state index contributed by atoms with van der Waals surface area (Å²) in [6, 6.07) is 10.6. The fraction of sp³-hybridized carbons (Fsp3) is 0.318. The van der Waals surface area contributed by atoms with Crippen LogP contribution >= 0.6 is 11.6 Å². The van der Waals surface area contributed by atoms with Gasteiger partial charge in [-0.3, -0.25) is 19.5 Å². The molecule has 0 aliphatic carbocycles. The van der Waals surface area contributed by atoms with Gasteiger partial charge in [-0.1, -0.05) is 23.7 Å². The molecule has 2 aliphatic rings. The SMILES string of the molecule is O=C1C(c2ccc(Cl)cc2)=C(N2CCCC(CO)C2)C(=O)N1Cc1ccncc1. The van der Waals surface area contributed by atoms with Crippen molar-refractivity contribution >= 4 is 29.0 Å². The maximum absolute atomic E-state index is 13.4. The number of pyridine rings is 1. The van der Waals surface area contributed by atoms with Crippen molar-refractivity contribution in [3.63, 3.8) is 0 Å². The summed E-state index contributed by atoms with van der Waals surface area (Å²) in [6.07, 6.45) is 5.07. The van der Waals surface area contributed by atoms with E-state index in [9.17, 15) is 14.7 Å². The zero-order valence-corrected chi connectivity index (χ0v) is 16.7. The molecule has 2 aliphatic heterocycles. The highest BCUT2D eigenvalue weighted by atomic mass is 35.5. The van der Waals surface area contributed by atoms with E-state index in [1.807, 2.05) is 4.90 Å². The Bertz CT molecular complexity index is 944. The van der Waals surface area contributed by atoms with E-state index in [4.69, 9.17) is 11.6 Å². The zero-order valence-electron chi connectivity index (χ0n) is 15.9. The van der Waals surface area contributed by atoms with Crippen LogP contribution in [0, 0.1) is 5.92 Å². The average Bonchev–Trinajstić information content (AvgIpc) is 3.00. The Morgan fingerprint density at radius 2 is 1.79 bits per heavy atom. The summed E-state index contributed by atoms with van der Waals surface area (Å²) in [4.78, 5) is 33.9. The minimum Gasteiger partial charge on any atom is -0.396 e. The first-order valence-electron chi connectivity index (χ1n) is 9.69. The van der Waals surface area contributed by atoms with Gasteiger partial charge in [0.1, 0.15) is 5.70 Å². The molecular weight excluding hydrogens is 390 g/mol. The molecule has 0 radical (unpaired) electrons. The molecule has 1 saturated heterocycles. The third-order valence-corrected chi connectivity index (χ3v) is 5.71. The first-order valence-corrected chi connectivity index (χ1v) is 10.1. The number of aliphatic hydroxyl groups excluding tert-OH is 1. The second kappa shape index (κ2) is 8.35. The Labute approximate surface area is 174 Å². The number of hydrogen-bond acceptors (Lipinski definition) is 5. The van der Waals surface area contributed by atoms with Crippen LogP contribution in [0.3, 0.4) is 0 Å². The maximum Gasteiger partial charge on any atom is 0.278 e. The van der Waals surface area contributed by atoms with Crippen molar-refractivity contribution < 1.29 is 14.7 Å². The van der Waals surface area contributed by atoms with Crippen LogP contribution in [0.4, 0.5) is 0 Å². The monoisotopic (exact) mass is 411 g/mol. The molecule has 6 nitrogen and oxygen atoms in total. The van der Waals surface area contributed by atoms with Crippen LogP contribution in [0.25, 0.3) is 5.57 Å². The molecule has 1 atom stereocenters. The van der Waals surface area contributed by atoms with Gasteiger partial charge in [-0.25, -0.2) is 0 Å². The molecule has 7 heteroatoms. The van der Waals surface area contributed by atoms with Crippen LogP contribution in [-0.2, 0) is 16.1 Å². The van der Waals surface area contributed by atoms with Crippen LogP contribution in [0.15, 0.2) is 54.5 Å². The molecule has 1 unspecified atom stereocenters. The highest BCUT2D eigenvalue weighted by Gasteiger charge is 2.42. The lowest BCUT2D eigenvalue weighted by atomic mass is 9.97. The summed E-state index contributed by atoms with van der Waals surface area (Å²) in [6.45, 7) is 1.51. The Hall–Kier alpha value is -2.70. The third kappa shape index (κ3) is 3.91. The number of nitrogens with zero attached hydrogens (tertiary/aromatic N) is 3. The molecule has 4 rings (SSSR count). The number of benzene rings is 1. The first-order chi connectivity index (χ1) is 14.1. The fourth-order valence-corrected chi connectivity index (χ4v) is 4.09. The second-order valence-electron chi connectivity index (χ2n) is 7.42. The van der Waals surface area contributed by atoms with E-state index in [0.29, 0.717) is 34.9 Å². The highest BCUT2D eigenvalue weighted by Crippen LogP contribution is 2.35. The van der Waals surface area contributed by atoms with Crippen molar-refractivity contribution in [1.29, 1.82) is 0 Å². The van der Waals surface area contributed by atoms with Crippen molar-refractivity contribution in [2.75, 3.05) is 19.7 Å². The minimum absolute atomic E-state index is 0.0723. The van der Waals surface area contributed by atoms with Crippen LogP contribution in [0.1, 0.15) is 24.0 Å². The number of piperidine rings is 1. The number of likely N-dealkylation sites (tertiary alicyclic amines) is 1. The van der Waals surface area contributed by atoms with Gasteiger partial charge < -0.3 is 10.0 Å². The number of rotatable bonds is 5. The fourth-order valence-electron chi connectivity index (χ4n) is 3.96. The van der Waals surface area contributed by atoms with Crippen LogP contribution in [0.5, 0.6) is 0 Å². The number of amides is 2. The molecule has 2 aromatic rings. The summed E-state index contributed by atoms with van der Waals surface area (Å²) in [5, 5.41) is 10.2. The van der Waals surface area contributed by atoms with Crippen molar-refractivity contribution in [3.8, 4) is 0 Å².